The molecule has 2 N–H and O–H groups in total. The molecule has 0 amide bonds. The van der Waals surface area contributed by atoms with Gasteiger partial charge in [0.15, 0.2) is 18.1 Å². The summed E-state index contributed by atoms with van der Waals surface area (Å²) in [6.07, 6.45) is 8.51. The SMILES string of the molecule is CCC1CN2CC[C@@]34OCO[C@@]3(Nc3cccc(OC)c34)[C@@H]2C[C@@H]1/C(=C\OC)C(=O)OC.CCC1CN2CCc3c([nH]c4cccc(OC)c34)[C@@H]2C[C@@H]1/C(=C\OC)C(=O)OC.[B].[C-]#N.[Na+]. The number of rotatable bonds is 10. The first-order chi connectivity index (χ1) is 30.7. The van der Waals surface area contributed by atoms with Crippen LogP contribution in [0.3, 0.4) is 0 Å². The largest absolute Gasteiger partial charge is 1.00 e. The zero-order valence-corrected chi connectivity index (χ0v) is 41.4. The number of carbonyl (C=O) groups excluding carboxylic acids is 2. The molecule has 1 aromatic heterocycles. The number of anilines is 1. The maximum absolute atomic E-state index is 12.7. The van der Waals surface area contributed by atoms with Crippen molar-refractivity contribution in [3.05, 3.63) is 83.5 Å². The van der Waals surface area contributed by atoms with E-state index in [1.807, 2.05) is 24.3 Å². The molecule has 343 valence electrons. The second-order valence-electron chi connectivity index (χ2n) is 17.0. The molecule has 7 heterocycles. The van der Waals surface area contributed by atoms with Crippen LogP contribution in [0.4, 0.5) is 5.69 Å². The van der Waals surface area contributed by atoms with Crippen molar-refractivity contribution in [2.24, 2.45) is 23.7 Å². The van der Waals surface area contributed by atoms with Crippen molar-refractivity contribution >= 4 is 36.9 Å². The Morgan fingerprint density at radius 3 is 2.03 bits per heavy atom. The Kier molecular flexibility index (Phi) is 17.6. The predicted molar refractivity (Wildman–Crippen MR) is 240 cm³/mol. The van der Waals surface area contributed by atoms with E-state index in [4.69, 9.17) is 49.7 Å². The standard InChI is InChI=1S/C24H32N2O6.C23H30N2O4.CN.B.Na/c1-5-15-12-26-10-9-23-21-18(7-6-8-19(21)29-3)25-24(23,32-14-31-23)20(26)11-16(15)17(13-28-2)22(27)30-4;1-5-14-12-25-10-9-15-21-18(7-6-8-20(21)28-3)24-22(15)19(25)11-16(14)17(13-27-2)23(26)29-4;1-2;;/h6-8,13,15-16,20,25H,5,9-12,14H2,1-4H3;6-8,13-14,16,19,24H,5,9-12H2,1-4H3;;;/q;;-1;;+1/b2*17-13+;;;/t15?,16-,20-,23-,24-;14?,16-,19-;;;/m00.../s1. The molecule has 0 aliphatic carbocycles. The summed E-state index contributed by atoms with van der Waals surface area (Å²) in [5.74, 6) is 1.91. The average molecular weight is 903 g/mol. The van der Waals surface area contributed by atoms with Gasteiger partial charge >= 0.3 is 41.5 Å². The van der Waals surface area contributed by atoms with Gasteiger partial charge in [0.25, 0.3) is 0 Å². The van der Waals surface area contributed by atoms with Crippen LogP contribution >= 0.6 is 0 Å². The number of benzene rings is 2. The van der Waals surface area contributed by atoms with Crippen LogP contribution in [0.25, 0.3) is 10.9 Å². The minimum Gasteiger partial charge on any atom is -0.512 e. The molecule has 3 radical (unpaired) electrons. The van der Waals surface area contributed by atoms with Crippen LogP contribution in [0.1, 0.15) is 68.8 Å². The number of methoxy groups -OCH3 is 6. The fourth-order valence-corrected chi connectivity index (χ4v) is 11.8. The van der Waals surface area contributed by atoms with Crippen LogP contribution in [0, 0.1) is 35.5 Å². The summed E-state index contributed by atoms with van der Waals surface area (Å²) < 4.78 is 45.0. The third-order valence-electron chi connectivity index (χ3n) is 14.6. The third kappa shape index (κ3) is 8.78. The van der Waals surface area contributed by atoms with Gasteiger partial charge in [0.1, 0.15) is 11.5 Å². The number of nitrogens with zero attached hydrogens (tertiary/aromatic N) is 3. The molecule has 0 saturated carbocycles. The first-order valence-corrected chi connectivity index (χ1v) is 21.9. The molecule has 2 unspecified atom stereocenters. The summed E-state index contributed by atoms with van der Waals surface area (Å²) in [7, 11) is 9.43. The zero-order chi connectivity index (χ0) is 45.1. The number of aromatic nitrogens is 1. The number of hydrogen-bond acceptors (Lipinski definition) is 14. The Morgan fingerprint density at radius 2 is 1.43 bits per heavy atom. The molecule has 0 spiro atoms. The van der Waals surface area contributed by atoms with E-state index in [1.165, 1.54) is 30.9 Å². The van der Waals surface area contributed by atoms with Crippen molar-refractivity contribution in [2.45, 2.75) is 75.8 Å². The number of aromatic amines is 1. The summed E-state index contributed by atoms with van der Waals surface area (Å²) in [4.78, 5) is 33.9. The molecule has 6 aliphatic heterocycles. The van der Waals surface area contributed by atoms with Gasteiger partial charge in [-0.3, -0.25) is 9.80 Å². The van der Waals surface area contributed by atoms with Crippen LogP contribution in [0.15, 0.2) is 60.1 Å². The van der Waals surface area contributed by atoms with E-state index >= 15 is 0 Å². The van der Waals surface area contributed by atoms with Gasteiger partial charge < -0.3 is 60.0 Å². The molecule has 3 aromatic rings. The maximum atomic E-state index is 12.7. The molecule has 6 aliphatic rings. The fraction of sp³-hybridized carbons (Fsp3) is 0.562. The van der Waals surface area contributed by atoms with Crippen molar-refractivity contribution in [1.82, 2.24) is 14.8 Å². The quantitative estimate of drug-likeness (QED) is 0.100. The molecular formula is C48H62BN5NaO10. The van der Waals surface area contributed by atoms with Gasteiger partial charge in [0.2, 0.25) is 0 Å². The van der Waals surface area contributed by atoms with E-state index in [0.717, 1.165) is 93.0 Å². The Hall–Kier alpha value is -4.21. The molecule has 15 nitrogen and oxygen atoms in total. The van der Waals surface area contributed by atoms with Crippen molar-refractivity contribution in [1.29, 1.82) is 5.26 Å². The van der Waals surface area contributed by atoms with E-state index in [9.17, 15) is 9.59 Å². The van der Waals surface area contributed by atoms with E-state index in [1.54, 1.807) is 41.0 Å². The molecular weight excluding hydrogens is 840 g/mol. The van der Waals surface area contributed by atoms with Crippen LogP contribution in [0.2, 0.25) is 0 Å². The summed E-state index contributed by atoms with van der Waals surface area (Å²) in [5.41, 5.74) is 5.60. The van der Waals surface area contributed by atoms with Crippen LogP contribution in [-0.4, -0.2) is 123 Å². The number of carbonyl (C=O) groups is 2. The second-order valence-corrected chi connectivity index (χ2v) is 17.0. The van der Waals surface area contributed by atoms with Gasteiger partial charge in [0.05, 0.1) is 84.0 Å². The molecule has 17 heteroatoms. The van der Waals surface area contributed by atoms with Gasteiger partial charge in [-0.2, -0.15) is 0 Å². The molecule has 2 aromatic carbocycles. The van der Waals surface area contributed by atoms with E-state index < -0.39 is 11.3 Å². The monoisotopic (exact) mass is 902 g/mol. The van der Waals surface area contributed by atoms with Crippen LogP contribution in [-0.2, 0) is 50.0 Å². The Balaban J connectivity index is 0.000000230. The number of fused-ring (bicyclic) bond motifs is 7. The van der Waals surface area contributed by atoms with Crippen molar-refractivity contribution in [2.75, 3.05) is 80.9 Å². The normalized spacial score (nSPS) is 28.6. The maximum Gasteiger partial charge on any atom is 1.00 e. The Labute approximate surface area is 407 Å². The van der Waals surface area contributed by atoms with E-state index in [2.05, 4.69) is 46.1 Å². The number of esters is 2. The van der Waals surface area contributed by atoms with Gasteiger partial charge in [-0.25, -0.2) is 9.59 Å². The van der Waals surface area contributed by atoms with E-state index in [-0.39, 0.29) is 80.6 Å². The topological polar surface area (TPSA) is 166 Å². The van der Waals surface area contributed by atoms with E-state index in [0.29, 0.717) is 23.0 Å². The Morgan fingerprint density at radius 1 is 0.831 bits per heavy atom. The zero-order valence-electron chi connectivity index (χ0n) is 39.4. The minimum atomic E-state index is -0.743. The number of H-pyrrole nitrogens is 1. The minimum absolute atomic E-state index is 0. The summed E-state index contributed by atoms with van der Waals surface area (Å²) in [6.45, 7) is 13.1. The molecule has 4 saturated heterocycles. The van der Waals surface area contributed by atoms with Crippen LogP contribution < -0.4 is 44.3 Å². The molecule has 4 fully saturated rings. The molecule has 8 atom stereocenters. The Bertz CT molecular complexity index is 2240. The summed E-state index contributed by atoms with van der Waals surface area (Å²) in [6, 6.07) is 12.4. The summed E-state index contributed by atoms with van der Waals surface area (Å²) in [5, 5.41) is 11.2. The van der Waals surface area contributed by atoms with Crippen molar-refractivity contribution in [3.8, 4) is 11.5 Å². The van der Waals surface area contributed by atoms with Gasteiger partial charge in [-0.15, -0.1) is 0 Å². The first-order valence-electron chi connectivity index (χ1n) is 21.9. The van der Waals surface area contributed by atoms with Crippen molar-refractivity contribution in [3.63, 3.8) is 0 Å². The second kappa shape index (κ2) is 22.1. The number of ether oxygens (including phenoxy) is 8. The van der Waals surface area contributed by atoms with Gasteiger partial charge in [-0.1, -0.05) is 38.8 Å². The number of hydrogen-bond donors (Lipinski definition) is 2. The van der Waals surface area contributed by atoms with Crippen LogP contribution in [0.5, 0.6) is 11.5 Å². The fourth-order valence-electron chi connectivity index (χ4n) is 11.8. The van der Waals surface area contributed by atoms with Gasteiger partial charge in [0, 0.05) is 56.9 Å². The summed E-state index contributed by atoms with van der Waals surface area (Å²) >= 11 is 0. The van der Waals surface area contributed by atoms with Crippen molar-refractivity contribution < 1.29 is 77.0 Å². The number of nitrogens with one attached hydrogen (secondary N) is 2. The van der Waals surface area contributed by atoms with Gasteiger partial charge in [-0.05, 0) is 79.2 Å². The smallest absolute Gasteiger partial charge is 0.512 e. The predicted octanol–water partition coefficient (Wildman–Crippen LogP) is 3.38. The molecule has 0 bridgehead atoms. The first kappa shape index (κ1) is 51.8. The number of piperidine rings is 3. The third-order valence-corrected chi connectivity index (χ3v) is 14.6. The molecule has 65 heavy (non-hydrogen) atoms. The average Bonchev–Trinajstić information content (AvgIpc) is 4.00. The molecule has 9 rings (SSSR count).